The average Bonchev–Trinajstić information content (AvgIpc) is 2.32. The number of aromatic nitrogens is 2. The molecule has 0 fully saturated rings. The summed E-state index contributed by atoms with van der Waals surface area (Å²) in [5, 5.41) is 9.88. The molecular formula is C12H8ClN3S. The van der Waals surface area contributed by atoms with Gasteiger partial charge in [0, 0.05) is 17.3 Å². The summed E-state index contributed by atoms with van der Waals surface area (Å²) in [7, 11) is 0. The van der Waals surface area contributed by atoms with Crippen molar-refractivity contribution in [3.63, 3.8) is 0 Å². The van der Waals surface area contributed by atoms with E-state index in [1.54, 1.807) is 24.5 Å². The number of hydrogen-bond acceptors (Lipinski definition) is 4. The maximum Gasteiger partial charge on any atom is 0.192 e. The van der Waals surface area contributed by atoms with Gasteiger partial charge in [0.1, 0.15) is 6.07 Å². The molecule has 0 spiro atoms. The summed E-state index contributed by atoms with van der Waals surface area (Å²) < 4.78 is 0. The van der Waals surface area contributed by atoms with Crippen LogP contribution in [0.15, 0.2) is 40.6 Å². The van der Waals surface area contributed by atoms with Crippen molar-refractivity contribution >= 4 is 23.4 Å². The van der Waals surface area contributed by atoms with Crippen LogP contribution in [0.5, 0.6) is 0 Å². The Hall–Kier alpha value is -1.57. The summed E-state index contributed by atoms with van der Waals surface area (Å²) >= 11 is 7.36. The molecular weight excluding hydrogens is 254 g/mol. The molecule has 0 unspecified atom stereocenters. The summed E-state index contributed by atoms with van der Waals surface area (Å²) in [5.41, 5.74) is 1.49. The third kappa shape index (κ3) is 2.96. The molecule has 0 N–H and O–H groups in total. The van der Waals surface area contributed by atoms with Gasteiger partial charge in [0.15, 0.2) is 5.16 Å². The smallest absolute Gasteiger partial charge is 0.192 e. The van der Waals surface area contributed by atoms with E-state index in [0.717, 1.165) is 10.5 Å². The number of hydrogen-bond donors (Lipinski definition) is 0. The molecule has 5 heteroatoms. The molecule has 0 aliphatic rings. The second-order valence-electron chi connectivity index (χ2n) is 3.40. The minimum atomic E-state index is 0.449. The zero-order valence-corrected chi connectivity index (χ0v) is 10.6. The van der Waals surface area contributed by atoms with Gasteiger partial charge in [-0.05, 0) is 42.4 Å². The largest absolute Gasteiger partial charge is 0.231 e. The van der Waals surface area contributed by atoms with Crippen molar-refractivity contribution in [3.8, 4) is 6.07 Å². The second-order valence-corrected chi connectivity index (χ2v) is 4.85. The predicted molar refractivity (Wildman–Crippen MR) is 67.1 cm³/mol. The van der Waals surface area contributed by atoms with Crippen molar-refractivity contribution in [2.45, 2.75) is 17.0 Å². The van der Waals surface area contributed by atoms with Crippen LogP contribution in [0.4, 0.5) is 0 Å². The third-order valence-electron chi connectivity index (χ3n) is 2.03. The van der Waals surface area contributed by atoms with Gasteiger partial charge in [0.05, 0.1) is 10.6 Å². The molecule has 0 bridgehead atoms. The lowest BCUT2D eigenvalue weighted by Gasteiger charge is -2.01. The fraction of sp³-hybridized carbons (Fsp3) is 0.0833. The number of nitrogens with zero attached hydrogens (tertiary/aromatic N) is 3. The minimum Gasteiger partial charge on any atom is -0.231 e. The first kappa shape index (κ1) is 11.9. The normalized spacial score (nSPS) is 9.94. The van der Waals surface area contributed by atoms with E-state index < -0.39 is 0 Å². The second kappa shape index (κ2) is 5.17. The molecule has 0 radical (unpaired) electrons. The highest BCUT2D eigenvalue weighted by Gasteiger charge is 2.04. The summed E-state index contributed by atoms with van der Waals surface area (Å²) in [6, 6.07) is 7.29. The summed E-state index contributed by atoms with van der Waals surface area (Å²) in [6.45, 7) is 1.94. The minimum absolute atomic E-state index is 0.449. The first-order chi connectivity index (χ1) is 8.19. The Kier molecular flexibility index (Phi) is 3.62. The van der Waals surface area contributed by atoms with Crippen LogP contribution in [-0.2, 0) is 0 Å². The fourth-order valence-electron chi connectivity index (χ4n) is 1.19. The molecule has 1 heterocycles. The zero-order valence-electron chi connectivity index (χ0n) is 9.01. The van der Waals surface area contributed by atoms with Gasteiger partial charge in [-0.1, -0.05) is 11.6 Å². The topological polar surface area (TPSA) is 49.6 Å². The van der Waals surface area contributed by atoms with Gasteiger partial charge >= 0.3 is 0 Å². The quantitative estimate of drug-likeness (QED) is 0.777. The molecule has 0 aliphatic carbocycles. The van der Waals surface area contributed by atoms with Crippen LogP contribution in [0, 0.1) is 18.3 Å². The maximum atomic E-state index is 8.76. The number of halogens is 1. The van der Waals surface area contributed by atoms with E-state index in [-0.39, 0.29) is 0 Å². The van der Waals surface area contributed by atoms with Gasteiger partial charge in [-0.15, -0.1) is 0 Å². The number of nitriles is 1. The Morgan fingerprint density at radius 3 is 2.59 bits per heavy atom. The first-order valence-electron chi connectivity index (χ1n) is 4.85. The van der Waals surface area contributed by atoms with Gasteiger partial charge in [-0.3, -0.25) is 0 Å². The summed E-state index contributed by atoms with van der Waals surface area (Å²) in [6.07, 6.45) is 3.53. The number of benzene rings is 1. The van der Waals surface area contributed by atoms with E-state index in [1.165, 1.54) is 11.8 Å². The standard InChI is InChI=1S/C12H8ClN3S/c1-8-6-15-12(16-7-8)17-10-3-2-9(5-14)11(13)4-10/h2-4,6-7H,1H3. The van der Waals surface area contributed by atoms with Crippen LogP contribution in [0.2, 0.25) is 5.02 Å². The highest BCUT2D eigenvalue weighted by molar-refractivity contribution is 7.99. The first-order valence-corrected chi connectivity index (χ1v) is 6.04. The molecule has 0 atom stereocenters. The lowest BCUT2D eigenvalue weighted by molar-refractivity contribution is 0.950. The van der Waals surface area contributed by atoms with Crippen molar-refractivity contribution in [2.75, 3.05) is 0 Å². The molecule has 0 aliphatic heterocycles. The highest BCUT2D eigenvalue weighted by Crippen LogP contribution is 2.28. The molecule has 3 nitrogen and oxygen atoms in total. The predicted octanol–water partition coefficient (Wildman–Crippen LogP) is 3.46. The molecule has 1 aromatic heterocycles. The Morgan fingerprint density at radius 1 is 1.29 bits per heavy atom. The van der Waals surface area contributed by atoms with E-state index in [0.29, 0.717) is 15.7 Å². The van der Waals surface area contributed by atoms with E-state index in [9.17, 15) is 0 Å². The van der Waals surface area contributed by atoms with Crippen LogP contribution < -0.4 is 0 Å². The van der Waals surface area contributed by atoms with Crippen molar-refractivity contribution < 1.29 is 0 Å². The van der Waals surface area contributed by atoms with E-state index in [4.69, 9.17) is 16.9 Å². The van der Waals surface area contributed by atoms with Crippen molar-refractivity contribution in [3.05, 3.63) is 46.7 Å². The van der Waals surface area contributed by atoms with Crippen LogP contribution in [-0.4, -0.2) is 9.97 Å². The van der Waals surface area contributed by atoms with Gasteiger partial charge in [-0.2, -0.15) is 5.26 Å². The van der Waals surface area contributed by atoms with Gasteiger partial charge in [-0.25, -0.2) is 9.97 Å². The number of aryl methyl sites for hydroxylation is 1. The molecule has 0 saturated carbocycles. The van der Waals surface area contributed by atoms with Crippen molar-refractivity contribution in [2.24, 2.45) is 0 Å². The maximum absolute atomic E-state index is 8.76. The fourth-order valence-corrected chi connectivity index (χ4v) is 2.21. The van der Waals surface area contributed by atoms with Crippen LogP contribution in [0.25, 0.3) is 0 Å². The molecule has 0 amide bonds. The Bertz CT molecular complexity index is 575. The van der Waals surface area contributed by atoms with Gasteiger partial charge in [0.2, 0.25) is 0 Å². The van der Waals surface area contributed by atoms with E-state index >= 15 is 0 Å². The van der Waals surface area contributed by atoms with Gasteiger partial charge in [0.25, 0.3) is 0 Å². The Labute approximate surface area is 108 Å². The molecule has 2 rings (SSSR count). The molecule has 84 valence electrons. The van der Waals surface area contributed by atoms with E-state index in [2.05, 4.69) is 9.97 Å². The summed E-state index contributed by atoms with van der Waals surface area (Å²) in [5.74, 6) is 0. The van der Waals surface area contributed by atoms with Crippen LogP contribution in [0.1, 0.15) is 11.1 Å². The summed E-state index contributed by atoms with van der Waals surface area (Å²) in [4.78, 5) is 9.29. The Morgan fingerprint density at radius 2 is 2.00 bits per heavy atom. The van der Waals surface area contributed by atoms with Crippen LogP contribution >= 0.6 is 23.4 Å². The highest BCUT2D eigenvalue weighted by atomic mass is 35.5. The molecule has 0 saturated heterocycles. The lowest BCUT2D eigenvalue weighted by Crippen LogP contribution is -1.86. The monoisotopic (exact) mass is 261 g/mol. The van der Waals surface area contributed by atoms with Crippen LogP contribution in [0.3, 0.4) is 0 Å². The third-order valence-corrected chi connectivity index (χ3v) is 3.22. The van der Waals surface area contributed by atoms with Gasteiger partial charge < -0.3 is 0 Å². The molecule has 1 aromatic carbocycles. The molecule has 2 aromatic rings. The molecule has 17 heavy (non-hydrogen) atoms. The Balaban J connectivity index is 2.22. The SMILES string of the molecule is Cc1cnc(Sc2ccc(C#N)c(Cl)c2)nc1. The average molecular weight is 262 g/mol. The number of rotatable bonds is 2. The van der Waals surface area contributed by atoms with Crippen molar-refractivity contribution in [1.82, 2.24) is 9.97 Å². The lowest BCUT2D eigenvalue weighted by atomic mass is 10.2. The zero-order chi connectivity index (χ0) is 12.3. The van der Waals surface area contributed by atoms with E-state index in [1.807, 2.05) is 19.1 Å². The van der Waals surface area contributed by atoms with Crippen molar-refractivity contribution in [1.29, 1.82) is 5.26 Å².